The number of anilines is 1. The highest BCUT2D eigenvalue weighted by atomic mass is 32.2. The number of nitrogens with one attached hydrogen (secondary N) is 1. The minimum atomic E-state index is -3.53. The lowest BCUT2D eigenvalue weighted by Crippen LogP contribution is -2.40. The predicted octanol–water partition coefficient (Wildman–Crippen LogP) is 0.439. The van der Waals surface area contributed by atoms with Crippen LogP contribution in [0.5, 0.6) is 0 Å². The number of aromatic nitrogens is 1. The molecule has 1 fully saturated rings. The molecule has 1 aliphatic rings. The molecule has 2 heterocycles. The van der Waals surface area contributed by atoms with Crippen molar-refractivity contribution < 1.29 is 18.3 Å². The van der Waals surface area contributed by atoms with Gasteiger partial charge in [0.15, 0.2) is 5.13 Å². The second-order valence-electron chi connectivity index (χ2n) is 6.22. The minimum absolute atomic E-state index is 0.132. The van der Waals surface area contributed by atoms with Crippen molar-refractivity contribution in [3.63, 3.8) is 0 Å². The number of fused-ring (bicyclic) bond motifs is 1. The molecule has 0 saturated carbocycles. The lowest BCUT2D eigenvalue weighted by molar-refractivity contribution is 0.0730. The van der Waals surface area contributed by atoms with Crippen molar-refractivity contribution in [2.24, 2.45) is 5.73 Å². The van der Waals surface area contributed by atoms with Crippen molar-refractivity contribution in [2.75, 3.05) is 44.7 Å². The largest absolute Gasteiger partial charge is 0.387 e. The van der Waals surface area contributed by atoms with E-state index in [1.54, 1.807) is 25.1 Å². The molecule has 138 valence electrons. The first-order valence-electron chi connectivity index (χ1n) is 7.97. The lowest BCUT2D eigenvalue weighted by Gasteiger charge is -2.25. The Labute approximate surface area is 150 Å². The van der Waals surface area contributed by atoms with E-state index in [-0.39, 0.29) is 18.0 Å². The number of aliphatic hydroxyl groups is 1. The molecule has 0 spiro atoms. The first-order valence-corrected chi connectivity index (χ1v) is 10.2. The molecule has 2 aromatic rings. The quantitative estimate of drug-likeness (QED) is 0.659. The number of hydrogen-bond donors (Lipinski definition) is 3. The number of rotatable bonds is 6. The second-order valence-corrected chi connectivity index (χ2v) is 9.19. The topological polar surface area (TPSA) is 118 Å². The first-order chi connectivity index (χ1) is 11.8. The van der Waals surface area contributed by atoms with Crippen LogP contribution in [0.15, 0.2) is 23.1 Å². The Balaban J connectivity index is 1.82. The molecule has 1 aromatic heterocycles. The molecule has 1 unspecified atom stereocenters. The Morgan fingerprint density at radius 1 is 1.44 bits per heavy atom. The summed E-state index contributed by atoms with van der Waals surface area (Å²) in [6, 6.07) is 4.92. The van der Waals surface area contributed by atoms with Crippen LogP contribution in [0.1, 0.15) is 6.92 Å². The van der Waals surface area contributed by atoms with Crippen LogP contribution in [0, 0.1) is 0 Å². The van der Waals surface area contributed by atoms with E-state index >= 15 is 0 Å². The lowest BCUT2D eigenvalue weighted by atomic mass is 10.1. The molecule has 0 aliphatic carbocycles. The fourth-order valence-electron chi connectivity index (χ4n) is 2.42. The van der Waals surface area contributed by atoms with Gasteiger partial charge >= 0.3 is 0 Å². The number of benzene rings is 1. The highest BCUT2D eigenvalue weighted by Crippen LogP contribution is 2.29. The van der Waals surface area contributed by atoms with Gasteiger partial charge in [0.2, 0.25) is 10.0 Å². The van der Waals surface area contributed by atoms with Crippen molar-refractivity contribution in [1.82, 2.24) is 9.29 Å². The van der Waals surface area contributed by atoms with Gasteiger partial charge < -0.3 is 20.9 Å². The summed E-state index contributed by atoms with van der Waals surface area (Å²) in [5.74, 6) is 0. The monoisotopic (exact) mass is 386 g/mol. The molecule has 4 N–H and O–H groups in total. The van der Waals surface area contributed by atoms with E-state index in [0.29, 0.717) is 37.0 Å². The summed E-state index contributed by atoms with van der Waals surface area (Å²) in [5.41, 5.74) is 5.18. The van der Waals surface area contributed by atoms with Gasteiger partial charge in [-0.3, -0.25) is 0 Å². The first kappa shape index (κ1) is 18.5. The number of nitrogens with zero attached hydrogens (tertiary/aromatic N) is 2. The zero-order valence-electron chi connectivity index (χ0n) is 13.9. The summed E-state index contributed by atoms with van der Waals surface area (Å²) in [6.45, 7) is 3.60. The van der Waals surface area contributed by atoms with Gasteiger partial charge in [-0.25, -0.2) is 13.4 Å². The Morgan fingerprint density at radius 2 is 2.16 bits per heavy atom. The van der Waals surface area contributed by atoms with Gasteiger partial charge in [0, 0.05) is 26.2 Å². The number of nitrogens with two attached hydrogens (primary N) is 1. The number of hydrogen-bond acceptors (Lipinski definition) is 8. The number of sulfonamides is 1. The minimum Gasteiger partial charge on any atom is -0.387 e. The zero-order chi connectivity index (χ0) is 18.1. The van der Waals surface area contributed by atoms with Gasteiger partial charge in [0.25, 0.3) is 0 Å². The van der Waals surface area contributed by atoms with Gasteiger partial charge in [-0.2, -0.15) is 4.31 Å². The molecule has 1 aliphatic heterocycles. The Kier molecular flexibility index (Phi) is 5.28. The van der Waals surface area contributed by atoms with Crippen molar-refractivity contribution >= 4 is 36.7 Å². The number of thiazole rings is 1. The molecule has 8 nitrogen and oxygen atoms in total. The van der Waals surface area contributed by atoms with Crippen molar-refractivity contribution in [1.29, 1.82) is 0 Å². The molecule has 3 rings (SSSR count). The van der Waals surface area contributed by atoms with Crippen LogP contribution in [0.3, 0.4) is 0 Å². The summed E-state index contributed by atoms with van der Waals surface area (Å²) in [5, 5.41) is 13.6. The summed E-state index contributed by atoms with van der Waals surface area (Å²) < 4.78 is 32.9. The van der Waals surface area contributed by atoms with E-state index in [4.69, 9.17) is 10.5 Å². The van der Waals surface area contributed by atoms with E-state index in [1.807, 2.05) is 0 Å². The van der Waals surface area contributed by atoms with Crippen molar-refractivity contribution in [3.8, 4) is 0 Å². The fourth-order valence-corrected chi connectivity index (χ4v) is 4.83. The van der Waals surface area contributed by atoms with Crippen LogP contribution in [0.25, 0.3) is 10.2 Å². The summed E-state index contributed by atoms with van der Waals surface area (Å²) >= 11 is 1.34. The highest BCUT2D eigenvalue weighted by molar-refractivity contribution is 7.89. The van der Waals surface area contributed by atoms with Crippen LogP contribution in [0.2, 0.25) is 0 Å². The molecular weight excluding hydrogens is 364 g/mol. The molecule has 0 bridgehead atoms. The average molecular weight is 386 g/mol. The number of morpholine rings is 1. The van der Waals surface area contributed by atoms with Gasteiger partial charge in [-0.05, 0) is 25.1 Å². The molecule has 1 atom stereocenters. The Morgan fingerprint density at radius 3 is 2.84 bits per heavy atom. The predicted molar refractivity (Wildman–Crippen MR) is 97.4 cm³/mol. The average Bonchev–Trinajstić information content (AvgIpc) is 3.03. The summed E-state index contributed by atoms with van der Waals surface area (Å²) in [4.78, 5) is 4.67. The molecule has 25 heavy (non-hydrogen) atoms. The van der Waals surface area contributed by atoms with Crippen LogP contribution in [0.4, 0.5) is 5.13 Å². The van der Waals surface area contributed by atoms with Crippen molar-refractivity contribution in [3.05, 3.63) is 18.2 Å². The third-order valence-electron chi connectivity index (χ3n) is 4.03. The highest BCUT2D eigenvalue weighted by Gasteiger charge is 2.27. The van der Waals surface area contributed by atoms with E-state index in [9.17, 15) is 13.5 Å². The third kappa shape index (κ3) is 4.10. The SMILES string of the molecule is CC(O)(CN)CNc1nc2ccc(S(=O)(=O)N3CCOCC3)cc2s1. The molecule has 1 aromatic carbocycles. The maximum absolute atomic E-state index is 12.7. The Hall–Kier alpha value is -1.30. The Bertz CT molecular complexity index is 844. The zero-order valence-corrected chi connectivity index (χ0v) is 15.6. The van der Waals surface area contributed by atoms with E-state index in [0.717, 1.165) is 4.70 Å². The standard InChI is InChI=1S/C15H22N4O4S2/c1-15(20,9-16)10-17-14-18-12-3-2-11(8-13(12)24-14)25(21,22)19-4-6-23-7-5-19/h2-3,8,20H,4-7,9-10,16H2,1H3,(H,17,18). The third-order valence-corrected chi connectivity index (χ3v) is 6.90. The molecule has 10 heteroatoms. The smallest absolute Gasteiger partial charge is 0.243 e. The molecule has 0 radical (unpaired) electrons. The van der Waals surface area contributed by atoms with Crippen molar-refractivity contribution in [2.45, 2.75) is 17.4 Å². The fraction of sp³-hybridized carbons (Fsp3) is 0.533. The second kappa shape index (κ2) is 7.14. The van der Waals surface area contributed by atoms with Gasteiger partial charge in [-0.1, -0.05) is 11.3 Å². The van der Waals surface area contributed by atoms with Crippen LogP contribution >= 0.6 is 11.3 Å². The van der Waals surface area contributed by atoms with Gasteiger partial charge in [-0.15, -0.1) is 0 Å². The van der Waals surface area contributed by atoms with Crippen LogP contribution < -0.4 is 11.1 Å². The van der Waals surface area contributed by atoms with E-state index < -0.39 is 15.6 Å². The molecule has 0 amide bonds. The normalized spacial score (nSPS) is 19.0. The van der Waals surface area contributed by atoms with Crippen LogP contribution in [-0.2, 0) is 14.8 Å². The maximum Gasteiger partial charge on any atom is 0.243 e. The number of ether oxygens (including phenoxy) is 1. The van der Waals surface area contributed by atoms with E-state index in [2.05, 4.69) is 10.3 Å². The summed E-state index contributed by atoms with van der Waals surface area (Å²) in [6.07, 6.45) is 0. The molecule has 1 saturated heterocycles. The van der Waals surface area contributed by atoms with Gasteiger partial charge in [0.1, 0.15) is 0 Å². The molecular formula is C15H22N4O4S2. The summed E-state index contributed by atoms with van der Waals surface area (Å²) in [7, 11) is -3.53. The van der Waals surface area contributed by atoms with E-state index in [1.165, 1.54) is 15.6 Å². The van der Waals surface area contributed by atoms with Gasteiger partial charge in [0.05, 0.1) is 33.9 Å². The van der Waals surface area contributed by atoms with Crippen LogP contribution in [-0.4, -0.2) is 67.8 Å². The maximum atomic E-state index is 12.7.